The van der Waals surface area contributed by atoms with Gasteiger partial charge in [0.2, 0.25) is 0 Å². The van der Waals surface area contributed by atoms with E-state index in [4.69, 9.17) is 0 Å². The molecule has 0 saturated heterocycles. The summed E-state index contributed by atoms with van der Waals surface area (Å²) in [6, 6.07) is 7.04. The van der Waals surface area contributed by atoms with Crippen LogP contribution in [0.25, 0.3) is 6.08 Å². The van der Waals surface area contributed by atoms with E-state index < -0.39 is 5.97 Å². The van der Waals surface area contributed by atoms with Crippen LogP contribution >= 0.6 is 0 Å². The average Bonchev–Trinajstić information content (AvgIpc) is 2.45. The maximum atomic E-state index is 11.7. The lowest BCUT2D eigenvalue weighted by atomic mass is 10.1. The van der Waals surface area contributed by atoms with Crippen molar-refractivity contribution in [1.29, 1.82) is 0 Å². The third-order valence-electron chi connectivity index (χ3n) is 2.60. The van der Waals surface area contributed by atoms with Crippen molar-refractivity contribution in [2.45, 2.75) is 19.8 Å². The molecule has 1 aromatic carbocycles. The molecule has 0 radical (unpaired) electrons. The molecular formula is C15H19NO3. The Hall–Kier alpha value is -2.10. The number of amides is 1. The number of hydrogen-bond donors (Lipinski definition) is 1. The molecule has 19 heavy (non-hydrogen) atoms. The normalized spacial score (nSPS) is 10.4. The van der Waals surface area contributed by atoms with Gasteiger partial charge < -0.3 is 10.1 Å². The van der Waals surface area contributed by atoms with Crippen molar-refractivity contribution >= 4 is 18.0 Å². The van der Waals surface area contributed by atoms with E-state index in [2.05, 4.69) is 17.0 Å². The minimum Gasteiger partial charge on any atom is -0.466 e. The quantitative estimate of drug-likeness (QED) is 0.486. The van der Waals surface area contributed by atoms with Crippen molar-refractivity contribution in [2.24, 2.45) is 0 Å². The zero-order valence-electron chi connectivity index (χ0n) is 11.3. The van der Waals surface area contributed by atoms with Crippen molar-refractivity contribution in [3.05, 3.63) is 41.5 Å². The summed E-state index contributed by atoms with van der Waals surface area (Å²) in [4.78, 5) is 22.7. The topological polar surface area (TPSA) is 55.4 Å². The molecular weight excluding hydrogens is 242 g/mol. The number of methoxy groups -OCH3 is 1. The first-order valence-corrected chi connectivity index (χ1v) is 6.31. The Labute approximate surface area is 113 Å². The smallest absolute Gasteiger partial charge is 0.330 e. The molecule has 0 atom stereocenters. The van der Waals surface area contributed by atoms with Crippen LogP contribution in [0.5, 0.6) is 0 Å². The number of rotatable bonds is 6. The van der Waals surface area contributed by atoms with E-state index in [0.717, 1.165) is 18.4 Å². The molecule has 0 aromatic heterocycles. The molecule has 0 bridgehead atoms. The largest absolute Gasteiger partial charge is 0.466 e. The second-order valence-corrected chi connectivity index (χ2v) is 4.09. The van der Waals surface area contributed by atoms with Gasteiger partial charge in [-0.25, -0.2) is 4.79 Å². The van der Waals surface area contributed by atoms with E-state index in [9.17, 15) is 9.59 Å². The maximum absolute atomic E-state index is 11.7. The predicted octanol–water partition coefficient (Wildman–Crippen LogP) is 2.40. The van der Waals surface area contributed by atoms with Crippen LogP contribution in [0.4, 0.5) is 0 Å². The molecule has 1 N–H and O–H groups in total. The number of hydrogen-bond acceptors (Lipinski definition) is 3. The average molecular weight is 261 g/mol. The molecule has 0 unspecified atom stereocenters. The van der Waals surface area contributed by atoms with E-state index in [-0.39, 0.29) is 5.91 Å². The van der Waals surface area contributed by atoms with Crippen LogP contribution in [0.15, 0.2) is 30.3 Å². The van der Waals surface area contributed by atoms with Gasteiger partial charge in [0.15, 0.2) is 0 Å². The zero-order chi connectivity index (χ0) is 14.1. The van der Waals surface area contributed by atoms with Gasteiger partial charge in [0.1, 0.15) is 0 Å². The summed E-state index contributed by atoms with van der Waals surface area (Å²) >= 11 is 0. The summed E-state index contributed by atoms with van der Waals surface area (Å²) in [6.07, 6.45) is 5.02. The first-order chi connectivity index (χ1) is 9.17. The SMILES string of the molecule is CCCCNC(=O)c1ccc(/C=C/C(=O)OC)cc1. The second-order valence-electron chi connectivity index (χ2n) is 4.09. The van der Waals surface area contributed by atoms with E-state index >= 15 is 0 Å². The highest BCUT2D eigenvalue weighted by Crippen LogP contribution is 2.06. The maximum Gasteiger partial charge on any atom is 0.330 e. The fraction of sp³-hybridized carbons (Fsp3) is 0.333. The number of carbonyl (C=O) groups excluding carboxylic acids is 2. The van der Waals surface area contributed by atoms with Gasteiger partial charge in [0.05, 0.1) is 7.11 Å². The van der Waals surface area contributed by atoms with Crippen LogP contribution in [0.1, 0.15) is 35.7 Å². The molecule has 0 aliphatic carbocycles. The molecule has 1 rings (SSSR count). The van der Waals surface area contributed by atoms with Crippen LogP contribution < -0.4 is 5.32 Å². The first-order valence-electron chi connectivity index (χ1n) is 6.31. The highest BCUT2D eigenvalue weighted by molar-refractivity contribution is 5.94. The Morgan fingerprint density at radius 2 is 1.95 bits per heavy atom. The van der Waals surface area contributed by atoms with Gasteiger partial charge in [-0.15, -0.1) is 0 Å². The minimum atomic E-state index is -0.401. The zero-order valence-corrected chi connectivity index (χ0v) is 11.3. The summed E-state index contributed by atoms with van der Waals surface area (Å²) in [5, 5.41) is 2.85. The number of benzene rings is 1. The lowest BCUT2D eigenvalue weighted by Gasteiger charge is -2.04. The van der Waals surface area contributed by atoms with Gasteiger partial charge in [-0.3, -0.25) is 4.79 Å². The standard InChI is InChI=1S/C15H19NO3/c1-3-4-11-16-15(18)13-8-5-12(6-9-13)7-10-14(17)19-2/h5-10H,3-4,11H2,1-2H3,(H,16,18)/b10-7+. The monoisotopic (exact) mass is 261 g/mol. The van der Waals surface area contributed by atoms with E-state index in [1.165, 1.54) is 13.2 Å². The summed E-state index contributed by atoms with van der Waals surface area (Å²) < 4.78 is 4.50. The summed E-state index contributed by atoms with van der Waals surface area (Å²) in [6.45, 7) is 2.77. The number of ether oxygens (including phenoxy) is 1. The molecule has 0 spiro atoms. The number of nitrogens with one attached hydrogen (secondary N) is 1. The third kappa shape index (κ3) is 5.38. The fourth-order valence-corrected chi connectivity index (χ4v) is 1.46. The number of carbonyl (C=O) groups is 2. The Kier molecular flexibility index (Phi) is 6.36. The molecule has 0 aliphatic heterocycles. The molecule has 0 saturated carbocycles. The summed E-state index contributed by atoms with van der Waals surface area (Å²) in [7, 11) is 1.33. The van der Waals surface area contributed by atoms with Gasteiger partial charge >= 0.3 is 5.97 Å². The highest BCUT2D eigenvalue weighted by atomic mass is 16.5. The van der Waals surface area contributed by atoms with Gasteiger partial charge in [-0.2, -0.15) is 0 Å². The van der Waals surface area contributed by atoms with Gasteiger partial charge in [-0.05, 0) is 30.2 Å². The van der Waals surface area contributed by atoms with Gasteiger partial charge in [-0.1, -0.05) is 25.5 Å². The molecule has 1 amide bonds. The lowest BCUT2D eigenvalue weighted by molar-refractivity contribution is -0.134. The Morgan fingerprint density at radius 3 is 2.53 bits per heavy atom. The molecule has 1 aromatic rings. The summed E-state index contributed by atoms with van der Waals surface area (Å²) in [5.74, 6) is -0.474. The molecule has 4 nitrogen and oxygen atoms in total. The number of esters is 1. The summed E-state index contributed by atoms with van der Waals surface area (Å²) in [5.41, 5.74) is 1.46. The molecule has 0 aliphatic rings. The predicted molar refractivity (Wildman–Crippen MR) is 74.7 cm³/mol. The Bertz CT molecular complexity index is 449. The molecule has 0 fully saturated rings. The first kappa shape index (κ1) is 15.0. The van der Waals surface area contributed by atoms with Crippen LogP contribution in [-0.2, 0) is 9.53 Å². The van der Waals surface area contributed by atoms with Crippen LogP contribution in [0, 0.1) is 0 Å². The number of unbranched alkanes of at least 4 members (excludes halogenated alkanes) is 1. The Balaban J connectivity index is 2.58. The van der Waals surface area contributed by atoms with Crippen molar-refractivity contribution in [2.75, 3.05) is 13.7 Å². The highest BCUT2D eigenvalue weighted by Gasteiger charge is 2.03. The lowest BCUT2D eigenvalue weighted by Crippen LogP contribution is -2.24. The molecule has 4 heteroatoms. The Morgan fingerprint density at radius 1 is 1.26 bits per heavy atom. The van der Waals surface area contributed by atoms with E-state index in [0.29, 0.717) is 12.1 Å². The van der Waals surface area contributed by atoms with Gasteiger partial charge in [0.25, 0.3) is 5.91 Å². The van der Waals surface area contributed by atoms with Crippen molar-refractivity contribution in [3.8, 4) is 0 Å². The van der Waals surface area contributed by atoms with Crippen LogP contribution in [-0.4, -0.2) is 25.5 Å². The van der Waals surface area contributed by atoms with Crippen molar-refractivity contribution < 1.29 is 14.3 Å². The fourth-order valence-electron chi connectivity index (χ4n) is 1.46. The third-order valence-corrected chi connectivity index (χ3v) is 2.60. The van der Waals surface area contributed by atoms with Crippen molar-refractivity contribution in [1.82, 2.24) is 5.32 Å². The van der Waals surface area contributed by atoms with Gasteiger partial charge in [0, 0.05) is 18.2 Å². The van der Waals surface area contributed by atoms with Crippen LogP contribution in [0.3, 0.4) is 0 Å². The second kappa shape index (κ2) is 8.08. The minimum absolute atomic E-state index is 0.0723. The van der Waals surface area contributed by atoms with E-state index in [1.54, 1.807) is 30.3 Å². The van der Waals surface area contributed by atoms with Crippen LogP contribution in [0.2, 0.25) is 0 Å². The van der Waals surface area contributed by atoms with E-state index in [1.807, 2.05) is 0 Å². The molecule has 102 valence electrons. The van der Waals surface area contributed by atoms with Crippen molar-refractivity contribution in [3.63, 3.8) is 0 Å². The molecule has 0 heterocycles.